The fourth-order valence-corrected chi connectivity index (χ4v) is 4.07. The minimum atomic E-state index is -0.0119. The van der Waals surface area contributed by atoms with Gasteiger partial charge in [-0.15, -0.1) is 0 Å². The van der Waals surface area contributed by atoms with E-state index in [9.17, 15) is 4.79 Å². The molecule has 0 radical (unpaired) electrons. The first-order chi connectivity index (χ1) is 15.2. The van der Waals surface area contributed by atoms with Crippen molar-refractivity contribution in [2.75, 3.05) is 31.1 Å². The van der Waals surface area contributed by atoms with Gasteiger partial charge in [0.15, 0.2) is 0 Å². The molecule has 7 heteroatoms. The molecule has 1 aromatic carbocycles. The van der Waals surface area contributed by atoms with E-state index >= 15 is 0 Å². The Labute approximate surface area is 182 Å². The van der Waals surface area contributed by atoms with Crippen LogP contribution in [0.5, 0.6) is 0 Å². The zero-order chi connectivity index (χ0) is 21.8. The summed E-state index contributed by atoms with van der Waals surface area (Å²) in [6.07, 6.45) is 4.52. The summed E-state index contributed by atoms with van der Waals surface area (Å²) >= 11 is 0. The van der Waals surface area contributed by atoms with Crippen molar-refractivity contribution in [3.63, 3.8) is 0 Å². The van der Waals surface area contributed by atoms with E-state index in [2.05, 4.69) is 54.2 Å². The van der Waals surface area contributed by atoms with Gasteiger partial charge >= 0.3 is 0 Å². The van der Waals surface area contributed by atoms with E-state index in [0.29, 0.717) is 6.42 Å². The molecule has 31 heavy (non-hydrogen) atoms. The average molecular weight is 419 g/mol. The molecular weight excluding hydrogens is 388 g/mol. The number of anilines is 1. The van der Waals surface area contributed by atoms with Gasteiger partial charge in [0.05, 0.1) is 22.7 Å². The Morgan fingerprint density at radius 1 is 1.00 bits per heavy atom. The lowest BCUT2D eigenvalue weighted by Gasteiger charge is -2.36. The smallest absolute Gasteiger partial charge is 0.251 e. The van der Waals surface area contributed by atoms with Crippen LogP contribution in [0.4, 0.5) is 5.69 Å². The van der Waals surface area contributed by atoms with Gasteiger partial charge in [-0.2, -0.15) is 5.10 Å². The molecule has 0 saturated carbocycles. The summed E-state index contributed by atoms with van der Waals surface area (Å²) < 4.78 is 0. The second kappa shape index (κ2) is 9.31. The minimum absolute atomic E-state index is 0.0119. The van der Waals surface area contributed by atoms with E-state index < -0.39 is 0 Å². The summed E-state index contributed by atoms with van der Waals surface area (Å²) in [5.74, 6) is 0. The van der Waals surface area contributed by atoms with Crippen molar-refractivity contribution in [3.8, 4) is 0 Å². The Hall–Kier alpha value is -3.19. The van der Waals surface area contributed by atoms with Crippen LogP contribution >= 0.6 is 0 Å². The van der Waals surface area contributed by atoms with Crippen molar-refractivity contribution in [2.24, 2.45) is 0 Å². The summed E-state index contributed by atoms with van der Waals surface area (Å²) in [6.45, 7) is 10.8. The van der Waals surface area contributed by atoms with Crippen molar-refractivity contribution in [1.29, 1.82) is 0 Å². The quantitative estimate of drug-likeness (QED) is 0.528. The minimum Gasteiger partial charge on any atom is -0.369 e. The lowest BCUT2D eigenvalue weighted by atomic mass is 10.1. The molecule has 2 N–H and O–H groups in total. The largest absolute Gasteiger partial charge is 0.369 e. The van der Waals surface area contributed by atoms with Crippen LogP contribution in [0.1, 0.15) is 31.9 Å². The Balaban J connectivity index is 0.00000112. The fraction of sp³-hybridized carbons (Fsp3) is 0.375. The van der Waals surface area contributed by atoms with Crippen LogP contribution in [0, 0.1) is 0 Å². The number of fused-ring (bicyclic) bond motifs is 2. The standard InChI is InChI=1S/C22H24N6O.C2H6/c1-2-16-11-20-21(25-22(16)29)9-15(12-23-20)14-27-5-7-28(8-6-27)18-3-4-19-17(10-18)13-24-26-19;1-2/h3-4,9-13H,2,5-8,14H2,1H3,(H,24,26)(H,25,29);1-2H3. The van der Waals surface area contributed by atoms with E-state index in [0.717, 1.165) is 65.8 Å². The number of hydrogen-bond donors (Lipinski definition) is 2. The molecule has 1 aliphatic rings. The Morgan fingerprint density at radius 2 is 1.81 bits per heavy atom. The number of aromatic amines is 2. The van der Waals surface area contributed by atoms with Crippen LogP contribution in [0.3, 0.4) is 0 Å². The number of benzene rings is 1. The number of pyridine rings is 2. The molecule has 4 heterocycles. The zero-order valence-electron chi connectivity index (χ0n) is 18.5. The maximum Gasteiger partial charge on any atom is 0.251 e. The predicted octanol–water partition coefficient (Wildman–Crippen LogP) is 3.71. The fourth-order valence-electron chi connectivity index (χ4n) is 4.07. The maximum atomic E-state index is 12.1. The average Bonchev–Trinajstić information content (AvgIpc) is 3.28. The van der Waals surface area contributed by atoms with Crippen molar-refractivity contribution in [3.05, 3.63) is 64.2 Å². The van der Waals surface area contributed by atoms with E-state index in [1.165, 1.54) is 5.69 Å². The highest BCUT2D eigenvalue weighted by atomic mass is 16.1. The van der Waals surface area contributed by atoms with E-state index in [-0.39, 0.29) is 5.56 Å². The van der Waals surface area contributed by atoms with E-state index in [1.54, 1.807) is 0 Å². The molecule has 7 nitrogen and oxygen atoms in total. The number of aromatic nitrogens is 4. The molecular formula is C24H30N6O. The molecule has 0 aliphatic carbocycles. The van der Waals surface area contributed by atoms with Crippen LogP contribution in [0.15, 0.2) is 47.5 Å². The van der Waals surface area contributed by atoms with Crippen molar-refractivity contribution >= 4 is 27.6 Å². The molecule has 0 atom stereocenters. The lowest BCUT2D eigenvalue weighted by Crippen LogP contribution is -2.45. The van der Waals surface area contributed by atoms with Crippen LogP contribution in [0.2, 0.25) is 0 Å². The summed E-state index contributed by atoms with van der Waals surface area (Å²) in [5, 5.41) is 8.25. The third-order valence-electron chi connectivity index (χ3n) is 5.77. The Morgan fingerprint density at radius 3 is 2.58 bits per heavy atom. The second-order valence-electron chi connectivity index (χ2n) is 7.66. The van der Waals surface area contributed by atoms with Crippen LogP contribution < -0.4 is 10.5 Å². The maximum absolute atomic E-state index is 12.1. The molecule has 162 valence electrons. The summed E-state index contributed by atoms with van der Waals surface area (Å²) in [5.41, 5.74) is 5.88. The molecule has 0 bridgehead atoms. The first kappa shape index (κ1) is 21.1. The molecule has 0 spiro atoms. The summed E-state index contributed by atoms with van der Waals surface area (Å²) in [6, 6.07) is 10.4. The topological polar surface area (TPSA) is 80.9 Å². The highest BCUT2D eigenvalue weighted by molar-refractivity contribution is 5.82. The van der Waals surface area contributed by atoms with Crippen molar-refractivity contribution in [2.45, 2.75) is 33.7 Å². The third kappa shape index (κ3) is 4.46. The van der Waals surface area contributed by atoms with E-state index in [1.807, 2.05) is 39.2 Å². The lowest BCUT2D eigenvalue weighted by molar-refractivity contribution is 0.250. The van der Waals surface area contributed by atoms with Crippen molar-refractivity contribution in [1.82, 2.24) is 25.1 Å². The second-order valence-corrected chi connectivity index (χ2v) is 7.66. The normalized spacial score (nSPS) is 14.6. The first-order valence-electron chi connectivity index (χ1n) is 11.1. The molecule has 3 aromatic heterocycles. The molecule has 0 unspecified atom stereocenters. The predicted molar refractivity (Wildman–Crippen MR) is 127 cm³/mol. The molecule has 1 saturated heterocycles. The van der Waals surface area contributed by atoms with Gasteiger partial charge in [0.2, 0.25) is 0 Å². The zero-order valence-corrected chi connectivity index (χ0v) is 18.5. The van der Waals surface area contributed by atoms with Crippen LogP contribution in [-0.2, 0) is 13.0 Å². The number of H-pyrrole nitrogens is 2. The SMILES string of the molecule is CC.CCc1cc2ncc(CN3CCN(c4ccc5[nH]ncc5c4)CC3)cc2[nH]c1=O. The number of rotatable bonds is 4. The molecule has 0 amide bonds. The molecule has 4 aromatic rings. The highest BCUT2D eigenvalue weighted by Crippen LogP contribution is 2.22. The summed E-state index contributed by atoms with van der Waals surface area (Å²) in [7, 11) is 0. The highest BCUT2D eigenvalue weighted by Gasteiger charge is 2.18. The number of hydrogen-bond acceptors (Lipinski definition) is 5. The Kier molecular flexibility index (Phi) is 6.32. The van der Waals surface area contributed by atoms with Crippen LogP contribution in [-0.4, -0.2) is 51.2 Å². The number of piperazine rings is 1. The first-order valence-corrected chi connectivity index (χ1v) is 11.1. The van der Waals surface area contributed by atoms with Gasteiger partial charge in [0, 0.05) is 55.6 Å². The number of aryl methyl sites for hydroxylation is 1. The molecule has 1 aliphatic heterocycles. The van der Waals surface area contributed by atoms with Gasteiger partial charge in [-0.1, -0.05) is 20.8 Å². The molecule has 1 fully saturated rings. The number of nitrogens with zero attached hydrogens (tertiary/aromatic N) is 4. The molecule has 5 rings (SSSR count). The Bertz CT molecular complexity index is 1220. The van der Waals surface area contributed by atoms with Crippen LogP contribution in [0.25, 0.3) is 21.9 Å². The van der Waals surface area contributed by atoms with Crippen molar-refractivity contribution < 1.29 is 0 Å². The summed E-state index contributed by atoms with van der Waals surface area (Å²) in [4.78, 5) is 24.5. The third-order valence-corrected chi connectivity index (χ3v) is 5.77. The van der Waals surface area contributed by atoms with Gasteiger partial charge in [-0.25, -0.2) is 0 Å². The number of nitrogens with one attached hydrogen (secondary N) is 2. The monoisotopic (exact) mass is 418 g/mol. The van der Waals surface area contributed by atoms with E-state index in [4.69, 9.17) is 0 Å². The van der Waals surface area contributed by atoms with Gasteiger partial charge < -0.3 is 9.88 Å². The van der Waals surface area contributed by atoms with Gasteiger partial charge in [-0.3, -0.25) is 19.8 Å². The van der Waals surface area contributed by atoms with Gasteiger partial charge in [0.25, 0.3) is 5.56 Å². The van der Waals surface area contributed by atoms with Gasteiger partial charge in [0.1, 0.15) is 0 Å². The van der Waals surface area contributed by atoms with Gasteiger partial charge in [-0.05, 0) is 42.3 Å².